The van der Waals surface area contributed by atoms with Gasteiger partial charge in [0.2, 0.25) is 5.52 Å². The average molecular weight is 286 g/mol. The van der Waals surface area contributed by atoms with Gasteiger partial charge in [0.05, 0.1) is 11.1 Å². The SMILES string of the molecule is C[n+]1ccc(Nc2ccc(O)cc2)c2ccc(Cl)cc21. The fourth-order valence-electron chi connectivity index (χ4n) is 2.19. The number of hydrogen-bond acceptors (Lipinski definition) is 2. The number of hydrogen-bond donors (Lipinski definition) is 2. The zero-order valence-corrected chi connectivity index (χ0v) is 11.7. The van der Waals surface area contributed by atoms with Crippen molar-refractivity contribution in [3.8, 4) is 5.75 Å². The van der Waals surface area contributed by atoms with Gasteiger partial charge in [-0.05, 0) is 36.4 Å². The van der Waals surface area contributed by atoms with E-state index in [1.807, 2.05) is 54.2 Å². The molecule has 0 bridgehead atoms. The largest absolute Gasteiger partial charge is 0.508 e. The first-order valence-electron chi connectivity index (χ1n) is 6.27. The van der Waals surface area contributed by atoms with Crippen molar-refractivity contribution < 1.29 is 9.67 Å². The van der Waals surface area contributed by atoms with Crippen molar-refractivity contribution in [1.82, 2.24) is 0 Å². The van der Waals surface area contributed by atoms with Crippen LogP contribution in [0.5, 0.6) is 5.75 Å². The Labute approximate surface area is 122 Å². The summed E-state index contributed by atoms with van der Waals surface area (Å²) in [6.45, 7) is 0. The lowest BCUT2D eigenvalue weighted by Crippen LogP contribution is -2.28. The Morgan fingerprint density at radius 1 is 1.05 bits per heavy atom. The molecular formula is C16H14ClN2O+. The van der Waals surface area contributed by atoms with Gasteiger partial charge in [-0.15, -0.1) is 0 Å². The van der Waals surface area contributed by atoms with E-state index in [1.54, 1.807) is 12.1 Å². The van der Waals surface area contributed by atoms with E-state index in [-0.39, 0.29) is 5.75 Å². The molecule has 0 atom stereocenters. The van der Waals surface area contributed by atoms with Gasteiger partial charge in [-0.1, -0.05) is 11.6 Å². The highest BCUT2D eigenvalue weighted by atomic mass is 35.5. The second kappa shape index (κ2) is 5.02. The fourth-order valence-corrected chi connectivity index (χ4v) is 2.36. The highest BCUT2D eigenvalue weighted by Crippen LogP contribution is 2.26. The van der Waals surface area contributed by atoms with Crippen molar-refractivity contribution in [1.29, 1.82) is 0 Å². The van der Waals surface area contributed by atoms with Crippen molar-refractivity contribution in [2.75, 3.05) is 5.32 Å². The van der Waals surface area contributed by atoms with Crippen LogP contribution >= 0.6 is 11.6 Å². The van der Waals surface area contributed by atoms with Crippen LogP contribution in [-0.2, 0) is 7.05 Å². The summed E-state index contributed by atoms with van der Waals surface area (Å²) in [7, 11) is 1.99. The minimum atomic E-state index is 0.256. The van der Waals surface area contributed by atoms with E-state index in [0.29, 0.717) is 0 Å². The molecule has 1 aromatic heterocycles. The number of anilines is 2. The number of aromatic hydroxyl groups is 1. The molecule has 1 heterocycles. The van der Waals surface area contributed by atoms with E-state index < -0.39 is 0 Å². The van der Waals surface area contributed by atoms with E-state index in [1.165, 1.54) is 0 Å². The summed E-state index contributed by atoms with van der Waals surface area (Å²) >= 11 is 6.06. The maximum atomic E-state index is 9.32. The lowest BCUT2D eigenvalue weighted by molar-refractivity contribution is -0.644. The van der Waals surface area contributed by atoms with Gasteiger partial charge in [-0.2, -0.15) is 0 Å². The molecule has 0 fully saturated rings. The van der Waals surface area contributed by atoms with Gasteiger partial charge in [-0.3, -0.25) is 0 Å². The Balaban J connectivity index is 2.08. The zero-order chi connectivity index (χ0) is 14.1. The van der Waals surface area contributed by atoms with Crippen molar-refractivity contribution in [2.45, 2.75) is 0 Å². The van der Waals surface area contributed by atoms with Crippen LogP contribution in [0.15, 0.2) is 54.7 Å². The van der Waals surface area contributed by atoms with Crippen molar-refractivity contribution in [3.05, 3.63) is 59.8 Å². The molecule has 3 nitrogen and oxygen atoms in total. The summed E-state index contributed by atoms with van der Waals surface area (Å²) in [5, 5.41) is 14.5. The molecule has 0 radical (unpaired) electrons. The van der Waals surface area contributed by atoms with E-state index >= 15 is 0 Å². The first-order chi connectivity index (χ1) is 9.63. The van der Waals surface area contributed by atoms with Crippen LogP contribution < -0.4 is 9.88 Å². The number of halogens is 1. The predicted molar refractivity (Wildman–Crippen MR) is 81.5 cm³/mol. The normalized spacial score (nSPS) is 10.7. The molecule has 0 saturated carbocycles. The molecule has 3 aromatic rings. The summed E-state index contributed by atoms with van der Waals surface area (Å²) < 4.78 is 2.03. The molecular weight excluding hydrogens is 272 g/mol. The first kappa shape index (κ1) is 12.8. The van der Waals surface area contributed by atoms with Crippen LogP contribution in [0.3, 0.4) is 0 Å². The Morgan fingerprint density at radius 2 is 1.80 bits per heavy atom. The lowest BCUT2D eigenvalue weighted by Gasteiger charge is -2.09. The van der Waals surface area contributed by atoms with E-state index in [0.717, 1.165) is 27.3 Å². The predicted octanol–water partition coefficient (Wildman–Crippen LogP) is 3.77. The number of fused-ring (bicyclic) bond motifs is 1. The number of phenols is 1. The molecule has 0 aliphatic rings. The molecule has 100 valence electrons. The molecule has 0 aliphatic heterocycles. The third kappa shape index (κ3) is 2.40. The lowest BCUT2D eigenvalue weighted by atomic mass is 10.1. The second-order valence-corrected chi connectivity index (χ2v) is 5.11. The van der Waals surface area contributed by atoms with Crippen LogP contribution in [0.4, 0.5) is 11.4 Å². The zero-order valence-electron chi connectivity index (χ0n) is 11.0. The van der Waals surface area contributed by atoms with E-state index in [9.17, 15) is 5.11 Å². The summed E-state index contributed by atoms with van der Waals surface area (Å²) in [6.07, 6.45) is 1.99. The number of nitrogens with one attached hydrogen (secondary N) is 1. The van der Waals surface area contributed by atoms with Crippen LogP contribution in [0, 0.1) is 0 Å². The second-order valence-electron chi connectivity index (χ2n) is 4.67. The molecule has 0 saturated heterocycles. The van der Waals surface area contributed by atoms with Gasteiger partial charge in [0, 0.05) is 22.8 Å². The molecule has 4 heteroatoms. The molecule has 2 N–H and O–H groups in total. The van der Waals surface area contributed by atoms with Crippen LogP contribution in [0.1, 0.15) is 0 Å². The van der Waals surface area contributed by atoms with Gasteiger partial charge in [0.15, 0.2) is 6.20 Å². The number of nitrogens with zero attached hydrogens (tertiary/aromatic N) is 1. The molecule has 20 heavy (non-hydrogen) atoms. The summed E-state index contributed by atoms with van der Waals surface area (Å²) in [4.78, 5) is 0. The molecule has 2 aromatic carbocycles. The Kier molecular flexibility index (Phi) is 3.20. The minimum Gasteiger partial charge on any atom is -0.508 e. The van der Waals surface area contributed by atoms with Crippen LogP contribution in [-0.4, -0.2) is 5.11 Å². The quantitative estimate of drug-likeness (QED) is 0.555. The summed E-state index contributed by atoms with van der Waals surface area (Å²) in [6, 6.07) is 14.8. The number of pyridine rings is 1. The van der Waals surface area contributed by atoms with Crippen LogP contribution in [0.25, 0.3) is 10.9 Å². The third-order valence-electron chi connectivity index (χ3n) is 3.24. The topological polar surface area (TPSA) is 36.1 Å². The molecule has 3 rings (SSSR count). The Bertz CT molecular complexity index is 769. The van der Waals surface area contributed by atoms with Crippen molar-refractivity contribution in [3.63, 3.8) is 0 Å². The van der Waals surface area contributed by atoms with E-state index in [4.69, 9.17) is 11.6 Å². The molecule has 0 aliphatic carbocycles. The maximum Gasteiger partial charge on any atom is 0.215 e. The van der Waals surface area contributed by atoms with Gasteiger partial charge < -0.3 is 10.4 Å². The van der Waals surface area contributed by atoms with Gasteiger partial charge >= 0.3 is 0 Å². The number of aryl methyl sites for hydroxylation is 1. The van der Waals surface area contributed by atoms with Crippen molar-refractivity contribution in [2.24, 2.45) is 7.05 Å². The van der Waals surface area contributed by atoms with Gasteiger partial charge in [0.1, 0.15) is 12.8 Å². The standard InChI is InChI=1S/C16H13ClN2O/c1-19-9-8-15(14-7-2-11(17)10-16(14)19)18-12-3-5-13(20)6-4-12/h2-10,20H,1H3/p+1. The monoisotopic (exact) mass is 285 g/mol. The number of phenolic OH excluding ortho intramolecular Hbond substituents is 1. The van der Waals surface area contributed by atoms with Crippen LogP contribution in [0.2, 0.25) is 5.02 Å². The van der Waals surface area contributed by atoms with Gasteiger partial charge in [-0.25, -0.2) is 4.57 Å². The van der Waals surface area contributed by atoms with Crippen molar-refractivity contribution >= 4 is 33.9 Å². The Morgan fingerprint density at radius 3 is 2.55 bits per heavy atom. The third-order valence-corrected chi connectivity index (χ3v) is 3.48. The highest BCUT2D eigenvalue weighted by Gasteiger charge is 2.10. The first-order valence-corrected chi connectivity index (χ1v) is 6.65. The average Bonchev–Trinajstić information content (AvgIpc) is 2.44. The van der Waals surface area contributed by atoms with E-state index in [2.05, 4.69) is 5.32 Å². The van der Waals surface area contributed by atoms with Gasteiger partial charge in [0.25, 0.3) is 0 Å². The fraction of sp³-hybridized carbons (Fsp3) is 0.0625. The minimum absolute atomic E-state index is 0.256. The summed E-state index contributed by atoms with van der Waals surface area (Å²) in [5.74, 6) is 0.256. The molecule has 0 spiro atoms. The maximum absolute atomic E-state index is 9.32. The highest BCUT2D eigenvalue weighted by molar-refractivity contribution is 6.31. The number of benzene rings is 2. The smallest absolute Gasteiger partial charge is 0.215 e. The number of rotatable bonds is 2. The number of aromatic nitrogens is 1. The molecule has 0 amide bonds. The Hall–Kier alpha value is -2.26. The molecule has 0 unspecified atom stereocenters. The summed E-state index contributed by atoms with van der Waals surface area (Å²) in [5.41, 5.74) is 2.98.